The number of thioether (sulfide) groups is 1. The predicted molar refractivity (Wildman–Crippen MR) is 87.2 cm³/mol. The van der Waals surface area contributed by atoms with Crippen LogP contribution in [0.15, 0.2) is 52.1 Å². The highest BCUT2D eigenvalue weighted by Gasteiger charge is 2.24. The summed E-state index contributed by atoms with van der Waals surface area (Å²) in [5, 5.41) is 2.71. The fourth-order valence-electron chi connectivity index (χ4n) is 2.30. The third-order valence-corrected chi connectivity index (χ3v) is 5.84. The average molecular weight is 319 g/mol. The van der Waals surface area contributed by atoms with Crippen molar-refractivity contribution in [2.24, 2.45) is 0 Å². The van der Waals surface area contributed by atoms with E-state index in [1.165, 1.54) is 4.21 Å². The number of thiophene rings is 1. The first kappa shape index (κ1) is 14.5. The first-order valence-corrected chi connectivity index (χ1v) is 8.79. The van der Waals surface area contributed by atoms with Crippen LogP contribution >= 0.6 is 23.1 Å². The fraction of sp³-hybridized carbons (Fsp3) is 0.312. The van der Waals surface area contributed by atoms with Crippen LogP contribution in [0.3, 0.4) is 0 Å². The monoisotopic (exact) mass is 319 g/mol. The summed E-state index contributed by atoms with van der Waals surface area (Å²) in [5.41, 5.74) is 0. The highest BCUT2D eigenvalue weighted by Crippen LogP contribution is 2.33. The number of carbonyl (C=O) groups excluding carboxylic acids is 1. The molecule has 0 spiro atoms. The third-order valence-electron chi connectivity index (χ3n) is 3.43. The average Bonchev–Trinajstić information content (AvgIpc) is 3.02. The second kappa shape index (κ2) is 7.00. The van der Waals surface area contributed by atoms with Crippen molar-refractivity contribution in [2.45, 2.75) is 22.3 Å². The summed E-state index contributed by atoms with van der Waals surface area (Å²) in [4.78, 5) is 13.9. The summed E-state index contributed by atoms with van der Waals surface area (Å²) >= 11 is 3.71. The lowest BCUT2D eigenvalue weighted by Crippen LogP contribution is -2.40. The highest BCUT2D eigenvalue weighted by molar-refractivity contribution is 8.01. The first-order valence-electron chi connectivity index (χ1n) is 7.03. The van der Waals surface area contributed by atoms with Gasteiger partial charge >= 0.3 is 6.09 Å². The minimum absolute atomic E-state index is 0.235. The molecule has 110 valence electrons. The van der Waals surface area contributed by atoms with E-state index in [9.17, 15) is 4.79 Å². The van der Waals surface area contributed by atoms with Crippen molar-refractivity contribution in [3.63, 3.8) is 0 Å². The van der Waals surface area contributed by atoms with Crippen molar-refractivity contribution >= 4 is 29.2 Å². The summed E-state index contributed by atoms with van der Waals surface area (Å²) in [6.45, 7) is 1.55. The molecule has 2 heterocycles. The predicted octanol–water partition coefficient (Wildman–Crippen LogP) is 4.50. The van der Waals surface area contributed by atoms with Gasteiger partial charge in [-0.05, 0) is 36.4 Å². The van der Waals surface area contributed by atoms with Crippen LogP contribution < -0.4 is 4.74 Å². The number of carbonyl (C=O) groups is 1. The summed E-state index contributed by atoms with van der Waals surface area (Å²) in [7, 11) is 0. The molecule has 1 aliphatic rings. The van der Waals surface area contributed by atoms with E-state index in [1.54, 1.807) is 28.4 Å². The molecule has 1 amide bonds. The topological polar surface area (TPSA) is 29.5 Å². The van der Waals surface area contributed by atoms with Crippen LogP contribution in [-0.4, -0.2) is 29.3 Å². The Bertz CT molecular complexity index is 563. The molecule has 5 heteroatoms. The molecule has 0 atom stereocenters. The van der Waals surface area contributed by atoms with Crippen LogP contribution in [-0.2, 0) is 0 Å². The Morgan fingerprint density at radius 3 is 2.57 bits per heavy atom. The van der Waals surface area contributed by atoms with Crippen LogP contribution in [0.25, 0.3) is 0 Å². The van der Waals surface area contributed by atoms with Gasteiger partial charge in [0.2, 0.25) is 0 Å². The molecule has 0 unspecified atom stereocenters. The van der Waals surface area contributed by atoms with E-state index in [-0.39, 0.29) is 6.09 Å². The zero-order valence-corrected chi connectivity index (χ0v) is 13.2. The van der Waals surface area contributed by atoms with E-state index in [0.29, 0.717) is 11.0 Å². The van der Waals surface area contributed by atoms with Gasteiger partial charge < -0.3 is 9.64 Å². The summed E-state index contributed by atoms with van der Waals surface area (Å²) in [6.07, 6.45) is 1.81. The Kier molecular flexibility index (Phi) is 4.83. The van der Waals surface area contributed by atoms with Gasteiger partial charge in [0.1, 0.15) is 5.75 Å². The minimum atomic E-state index is -0.235. The maximum atomic E-state index is 12.1. The molecule has 1 fully saturated rings. The summed E-state index contributed by atoms with van der Waals surface area (Å²) in [6, 6.07) is 13.5. The number of rotatable bonds is 3. The Morgan fingerprint density at radius 1 is 1.14 bits per heavy atom. The van der Waals surface area contributed by atoms with Gasteiger partial charge in [-0.2, -0.15) is 0 Å². The van der Waals surface area contributed by atoms with E-state index in [1.807, 2.05) is 30.0 Å². The van der Waals surface area contributed by atoms with Crippen LogP contribution in [0.2, 0.25) is 0 Å². The van der Waals surface area contributed by atoms with E-state index in [4.69, 9.17) is 4.74 Å². The van der Waals surface area contributed by atoms with E-state index in [2.05, 4.69) is 17.5 Å². The van der Waals surface area contributed by atoms with Crippen LogP contribution in [0.5, 0.6) is 5.75 Å². The van der Waals surface area contributed by atoms with E-state index in [0.717, 1.165) is 25.9 Å². The molecule has 3 nitrogen and oxygen atoms in total. The molecule has 1 aromatic carbocycles. The molecule has 1 aromatic heterocycles. The van der Waals surface area contributed by atoms with Crippen molar-refractivity contribution in [1.82, 2.24) is 4.90 Å². The van der Waals surface area contributed by atoms with Crippen LogP contribution in [0.4, 0.5) is 4.79 Å². The van der Waals surface area contributed by atoms with Crippen molar-refractivity contribution in [3.05, 3.63) is 47.8 Å². The van der Waals surface area contributed by atoms with E-state index < -0.39 is 0 Å². The van der Waals surface area contributed by atoms with Gasteiger partial charge in [0.25, 0.3) is 0 Å². The molecule has 3 rings (SSSR count). The van der Waals surface area contributed by atoms with Crippen molar-refractivity contribution in [2.75, 3.05) is 13.1 Å². The number of likely N-dealkylation sites (tertiary alicyclic amines) is 1. The van der Waals surface area contributed by atoms with Crippen molar-refractivity contribution < 1.29 is 9.53 Å². The fourth-order valence-corrected chi connectivity index (χ4v) is 4.48. The smallest absolute Gasteiger partial charge is 0.410 e. The molecule has 0 saturated carbocycles. The Morgan fingerprint density at radius 2 is 1.90 bits per heavy atom. The Labute approximate surface area is 132 Å². The lowest BCUT2D eigenvalue weighted by molar-refractivity contribution is 0.143. The maximum Gasteiger partial charge on any atom is 0.415 e. The summed E-state index contributed by atoms with van der Waals surface area (Å²) in [5.74, 6) is 0.609. The van der Waals surface area contributed by atoms with Gasteiger partial charge in [-0.3, -0.25) is 0 Å². The largest absolute Gasteiger partial charge is 0.415 e. The molecular weight excluding hydrogens is 302 g/mol. The molecule has 0 N–H and O–H groups in total. The molecule has 1 aliphatic heterocycles. The molecule has 0 radical (unpaired) electrons. The van der Waals surface area contributed by atoms with E-state index >= 15 is 0 Å². The van der Waals surface area contributed by atoms with Crippen molar-refractivity contribution in [1.29, 1.82) is 0 Å². The van der Waals surface area contributed by atoms with Crippen LogP contribution in [0.1, 0.15) is 12.8 Å². The number of hydrogen-bond donors (Lipinski definition) is 0. The SMILES string of the molecule is O=C(Oc1ccccc1)N1CCC(Sc2cccs2)CC1. The van der Waals surface area contributed by atoms with Gasteiger partial charge in [-0.15, -0.1) is 23.1 Å². The number of amides is 1. The van der Waals surface area contributed by atoms with Gasteiger partial charge in [0, 0.05) is 18.3 Å². The molecule has 1 saturated heterocycles. The third kappa shape index (κ3) is 4.02. The van der Waals surface area contributed by atoms with Gasteiger partial charge in [0.05, 0.1) is 4.21 Å². The number of ether oxygens (including phenoxy) is 1. The Balaban J connectivity index is 1.48. The second-order valence-electron chi connectivity index (χ2n) is 4.92. The van der Waals surface area contributed by atoms with Gasteiger partial charge in [-0.25, -0.2) is 4.79 Å². The lowest BCUT2D eigenvalue weighted by atomic mass is 10.1. The number of piperidine rings is 1. The zero-order chi connectivity index (χ0) is 14.5. The van der Waals surface area contributed by atoms with Gasteiger partial charge in [0.15, 0.2) is 0 Å². The Hall–Kier alpha value is -1.46. The maximum absolute atomic E-state index is 12.1. The second-order valence-corrected chi connectivity index (χ2v) is 7.47. The normalized spacial score (nSPS) is 15.9. The van der Waals surface area contributed by atoms with Crippen LogP contribution in [0, 0.1) is 0 Å². The standard InChI is InChI=1S/C16H17NO2S2/c18-16(19-13-5-2-1-3-6-13)17-10-8-14(9-11-17)21-15-7-4-12-20-15/h1-7,12,14H,8-11H2. The minimum Gasteiger partial charge on any atom is -0.410 e. The summed E-state index contributed by atoms with van der Waals surface area (Å²) < 4.78 is 6.74. The molecule has 0 bridgehead atoms. The molecular formula is C16H17NO2S2. The number of hydrogen-bond acceptors (Lipinski definition) is 4. The number of para-hydroxylation sites is 1. The quantitative estimate of drug-likeness (QED) is 0.834. The zero-order valence-electron chi connectivity index (χ0n) is 11.6. The molecule has 2 aromatic rings. The van der Waals surface area contributed by atoms with Crippen molar-refractivity contribution in [3.8, 4) is 5.75 Å². The number of nitrogens with zero attached hydrogens (tertiary/aromatic N) is 1. The number of benzene rings is 1. The molecule has 21 heavy (non-hydrogen) atoms. The first-order chi connectivity index (χ1) is 10.3. The highest BCUT2D eigenvalue weighted by atomic mass is 32.2. The molecule has 0 aliphatic carbocycles. The van der Waals surface area contributed by atoms with Gasteiger partial charge in [-0.1, -0.05) is 24.3 Å². The lowest BCUT2D eigenvalue weighted by Gasteiger charge is -2.30.